The summed E-state index contributed by atoms with van der Waals surface area (Å²) in [4.78, 5) is 22.4. The molecule has 0 bridgehead atoms. The largest absolute Gasteiger partial charge is 0.502 e. The Morgan fingerprint density at radius 3 is 2.60 bits per heavy atom. The summed E-state index contributed by atoms with van der Waals surface area (Å²) in [6.45, 7) is 4.00. The molecule has 20 heavy (non-hydrogen) atoms. The first-order valence-corrected chi connectivity index (χ1v) is 7.27. The highest BCUT2D eigenvalue weighted by Gasteiger charge is 2.23. The van der Waals surface area contributed by atoms with Crippen molar-refractivity contribution in [2.45, 2.75) is 13.8 Å². The number of carbonyl (C=O) groups excluding carboxylic acids is 1. The lowest BCUT2D eigenvalue weighted by Crippen LogP contribution is -2.55. The summed E-state index contributed by atoms with van der Waals surface area (Å²) in [6.07, 6.45) is 1.42. The molecule has 106 valence electrons. The van der Waals surface area contributed by atoms with Gasteiger partial charge in [0.05, 0.1) is 4.91 Å². The highest BCUT2D eigenvalue weighted by molar-refractivity contribution is 8.26. The van der Waals surface area contributed by atoms with E-state index in [1.54, 1.807) is 5.18 Å². The summed E-state index contributed by atoms with van der Waals surface area (Å²) in [5.41, 5.74) is 0.212. The van der Waals surface area contributed by atoms with Crippen LogP contribution < -0.4 is 10.5 Å². The van der Waals surface area contributed by atoms with Crippen LogP contribution in [0, 0.1) is 4.91 Å². The van der Waals surface area contributed by atoms with E-state index in [0.29, 0.717) is 9.23 Å². The molecule has 0 radical (unpaired) electrons. The Morgan fingerprint density at radius 2 is 2.10 bits per heavy atom. The molecule has 0 saturated carbocycles. The lowest BCUT2D eigenvalue weighted by Gasteiger charge is -2.00. The van der Waals surface area contributed by atoms with Gasteiger partial charge in [-0.25, -0.2) is 0 Å². The molecule has 1 aliphatic heterocycles. The van der Waals surface area contributed by atoms with E-state index in [1.807, 2.05) is 13.8 Å². The van der Waals surface area contributed by atoms with Gasteiger partial charge in [-0.3, -0.25) is 4.79 Å². The predicted molar refractivity (Wildman–Crippen MR) is 84.8 cm³/mol. The summed E-state index contributed by atoms with van der Waals surface area (Å²) < 4.78 is 0.343. The van der Waals surface area contributed by atoms with E-state index in [9.17, 15) is 14.8 Å². The number of amides is 1. The number of aromatic hydroxyl groups is 1. The second kappa shape index (κ2) is 7.37. The van der Waals surface area contributed by atoms with Gasteiger partial charge >= 0.3 is 0 Å². The lowest BCUT2D eigenvalue weighted by molar-refractivity contribution is -0.380. The average molecular weight is 332 g/mol. The van der Waals surface area contributed by atoms with Gasteiger partial charge in [-0.15, -0.1) is 0 Å². The highest BCUT2D eigenvalue weighted by Crippen LogP contribution is 2.33. The third-order valence-electron chi connectivity index (χ3n) is 2.14. The van der Waals surface area contributed by atoms with Crippen LogP contribution in [0.3, 0.4) is 0 Å². The van der Waals surface area contributed by atoms with Crippen LogP contribution >= 0.6 is 35.6 Å². The van der Waals surface area contributed by atoms with Crippen LogP contribution in [-0.4, -0.2) is 15.3 Å². The van der Waals surface area contributed by atoms with Crippen molar-refractivity contribution in [3.05, 3.63) is 32.5 Å². The Bertz CT molecular complexity index is 603. The maximum absolute atomic E-state index is 11.5. The van der Waals surface area contributed by atoms with Crippen molar-refractivity contribution >= 4 is 57.6 Å². The minimum Gasteiger partial charge on any atom is -0.502 e. The van der Waals surface area contributed by atoms with Crippen molar-refractivity contribution in [2.75, 3.05) is 0 Å². The molecule has 1 heterocycles. The topological polar surface area (TPSA) is 80.4 Å². The number of halogens is 1. The number of nitroso groups, excluding NO2 is 1. The molecule has 0 atom stereocenters. The van der Waals surface area contributed by atoms with Crippen LogP contribution in [0.15, 0.2) is 17.0 Å². The number of thioether (sulfide) groups is 1. The molecule has 1 aromatic rings. The van der Waals surface area contributed by atoms with Crippen LogP contribution in [0.4, 0.5) is 5.69 Å². The number of carbonyl (C=O) groups is 1. The highest BCUT2D eigenvalue weighted by atomic mass is 35.5. The Kier molecular flexibility index (Phi) is 6.12. The molecule has 3 N–H and O–H groups in total. The zero-order chi connectivity index (χ0) is 15.3. The monoisotopic (exact) mass is 331 g/mol. The van der Waals surface area contributed by atoms with Crippen molar-refractivity contribution in [1.29, 1.82) is 0 Å². The van der Waals surface area contributed by atoms with Gasteiger partial charge in [-0.1, -0.05) is 49.4 Å². The zero-order valence-corrected chi connectivity index (χ0v) is 13.1. The van der Waals surface area contributed by atoms with Gasteiger partial charge < -0.3 is 10.4 Å². The second-order valence-electron chi connectivity index (χ2n) is 3.35. The molecule has 0 aliphatic carbocycles. The number of phenolic OH excluding ortho intramolecular Hbond substituents is 1. The SMILES string of the molecule is CC.O=[NH+]c1cc(Cl)cc(/C=C2\SC(=S)NC2=O)c1O. The fourth-order valence-electron chi connectivity index (χ4n) is 1.37. The Hall–Kier alpha value is -1.44. The van der Waals surface area contributed by atoms with Crippen LogP contribution in [0.2, 0.25) is 5.02 Å². The van der Waals surface area contributed by atoms with Crippen molar-refractivity contribution in [3.8, 4) is 5.75 Å². The van der Waals surface area contributed by atoms with E-state index in [2.05, 4.69) is 5.32 Å². The molecular formula is C12H12ClN2O3S2+. The predicted octanol–water partition coefficient (Wildman–Crippen LogP) is 2.04. The quantitative estimate of drug-likeness (QED) is 0.439. The number of nitrogens with one attached hydrogen (secondary N) is 2. The van der Waals surface area contributed by atoms with Crippen molar-refractivity contribution in [3.63, 3.8) is 0 Å². The van der Waals surface area contributed by atoms with Crippen LogP contribution in [0.1, 0.15) is 19.4 Å². The molecule has 1 amide bonds. The molecule has 2 rings (SSSR count). The fourth-order valence-corrected chi connectivity index (χ4v) is 2.63. The molecule has 1 saturated heterocycles. The molecule has 0 aromatic heterocycles. The number of hydrogen-bond donors (Lipinski definition) is 3. The molecule has 0 unspecified atom stereocenters. The van der Waals surface area contributed by atoms with Gasteiger partial charge in [0.1, 0.15) is 4.32 Å². The number of benzene rings is 1. The molecule has 1 fully saturated rings. The normalized spacial score (nSPS) is 15.7. The summed E-state index contributed by atoms with van der Waals surface area (Å²) in [5, 5.41) is 14.1. The Morgan fingerprint density at radius 1 is 1.45 bits per heavy atom. The summed E-state index contributed by atoms with van der Waals surface area (Å²) in [7, 11) is 0. The molecule has 1 aromatic carbocycles. The Labute approximate surface area is 130 Å². The van der Waals surface area contributed by atoms with Crippen molar-refractivity contribution in [2.24, 2.45) is 0 Å². The minimum absolute atomic E-state index is 0.0552. The fraction of sp³-hybridized carbons (Fsp3) is 0.167. The molecule has 5 nitrogen and oxygen atoms in total. The van der Waals surface area contributed by atoms with Crippen LogP contribution in [-0.2, 0) is 4.79 Å². The van der Waals surface area contributed by atoms with Gasteiger partial charge in [-0.05, 0) is 12.1 Å². The van der Waals surface area contributed by atoms with E-state index in [0.717, 1.165) is 11.8 Å². The van der Waals surface area contributed by atoms with Crippen molar-refractivity contribution in [1.82, 2.24) is 5.32 Å². The summed E-state index contributed by atoms with van der Waals surface area (Å²) in [5.74, 6) is -0.617. The Balaban J connectivity index is 0.000000956. The van der Waals surface area contributed by atoms with E-state index >= 15 is 0 Å². The van der Waals surface area contributed by atoms with Crippen LogP contribution in [0.25, 0.3) is 6.08 Å². The van der Waals surface area contributed by atoms with Gasteiger partial charge in [0.25, 0.3) is 11.6 Å². The zero-order valence-electron chi connectivity index (χ0n) is 10.7. The summed E-state index contributed by atoms with van der Waals surface area (Å²) in [6, 6.07) is 2.73. The smallest absolute Gasteiger partial charge is 0.296 e. The molecule has 0 spiro atoms. The standard InChI is InChI=1S/C10H5ClN2O3S2.C2H6/c11-5-1-4(8(14)6(3-5)13-16)2-7-9(15)12-10(17)18-7;1-2/h1-3,14H,(H,12,15,17);1-2H3/p+1/b7-2-;. The maximum Gasteiger partial charge on any atom is 0.296 e. The third-order valence-corrected chi connectivity index (χ3v) is 3.52. The number of thiocarbonyl (C=S) groups is 1. The average Bonchev–Trinajstić information content (AvgIpc) is 2.74. The first-order chi connectivity index (χ1) is 9.51. The van der Waals surface area contributed by atoms with Gasteiger partial charge in [-0.2, -0.15) is 0 Å². The molecular weight excluding hydrogens is 320 g/mol. The van der Waals surface area contributed by atoms with E-state index in [1.165, 1.54) is 18.2 Å². The van der Waals surface area contributed by atoms with E-state index in [-0.39, 0.29) is 27.9 Å². The second-order valence-corrected chi connectivity index (χ2v) is 5.50. The van der Waals surface area contributed by atoms with Crippen molar-refractivity contribution < 1.29 is 15.1 Å². The van der Waals surface area contributed by atoms with Gasteiger partial charge in [0.2, 0.25) is 0 Å². The van der Waals surface area contributed by atoms with E-state index in [4.69, 9.17) is 23.8 Å². The number of rotatable bonds is 2. The third kappa shape index (κ3) is 3.78. The minimum atomic E-state index is -0.346. The number of phenols is 1. The molecule has 1 aliphatic rings. The first kappa shape index (κ1) is 16.6. The lowest BCUT2D eigenvalue weighted by atomic mass is 10.1. The van der Waals surface area contributed by atoms with Crippen LogP contribution in [0.5, 0.6) is 5.75 Å². The molecule has 8 heteroatoms. The summed E-state index contributed by atoms with van der Waals surface area (Å²) >= 11 is 11.7. The maximum atomic E-state index is 11.5. The number of hydrogen-bond acceptors (Lipinski definition) is 5. The van der Waals surface area contributed by atoms with Gasteiger partial charge in [0.15, 0.2) is 5.75 Å². The first-order valence-electron chi connectivity index (χ1n) is 5.67. The van der Waals surface area contributed by atoms with E-state index < -0.39 is 0 Å². The van der Waals surface area contributed by atoms with Gasteiger partial charge in [0, 0.05) is 26.7 Å².